The molecule has 1 unspecified atom stereocenters. The predicted molar refractivity (Wildman–Crippen MR) is 72.1 cm³/mol. The lowest BCUT2D eigenvalue weighted by atomic mass is 10.1. The minimum atomic E-state index is 0.556. The summed E-state index contributed by atoms with van der Waals surface area (Å²) in [6.45, 7) is 6.65. The molecule has 88 valence electrons. The summed E-state index contributed by atoms with van der Waals surface area (Å²) in [5.74, 6) is 0.840. The van der Waals surface area contributed by atoms with Crippen molar-refractivity contribution in [3.63, 3.8) is 0 Å². The Morgan fingerprint density at radius 3 is 2.81 bits per heavy atom. The van der Waals surface area contributed by atoms with Crippen LogP contribution in [0.4, 0.5) is 5.69 Å². The van der Waals surface area contributed by atoms with E-state index in [4.69, 9.17) is 5.73 Å². The highest BCUT2D eigenvalue weighted by Gasteiger charge is 2.44. The van der Waals surface area contributed by atoms with E-state index in [-0.39, 0.29) is 0 Å². The van der Waals surface area contributed by atoms with E-state index < -0.39 is 0 Å². The van der Waals surface area contributed by atoms with E-state index in [2.05, 4.69) is 35.1 Å². The Bertz CT molecular complexity index is 388. The maximum atomic E-state index is 5.77. The minimum absolute atomic E-state index is 0.556. The Morgan fingerprint density at radius 2 is 2.19 bits per heavy atom. The van der Waals surface area contributed by atoms with Gasteiger partial charge in [0.1, 0.15) is 0 Å². The Morgan fingerprint density at radius 1 is 1.50 bits per heavy atom. The van der Waals surface area contributed by atoms with Crippen LogP contribution in [-0.2, 0) is 6.54 Å². The number of nitrogen functional groups attached to an aromatic ring is 1. The van der Waals surface area contributed by atoms with Gasteiger partial charge in [-0.05, 0) is 48.1 Å². The fourth-order valence-electron chi connectivity index (χ4n) is 2.04. The van der Waals surface area contributed by atoms with Crippen molar-refractivity contribution < 1.29 is 0 Å². The zero-order chi connectivity index (χ0) is 11.8. The first-order chi connectivity index (χ1) is 7.49. The van der Waals surface area contributed by atoms with Crippen LogP contribution < -0.4 is 11.1 Å². The van der Waals surface area contributed by atoms with Gasteiger partial charge in [0.25, 0.3) is 0 Å². The van der Waals surface area contributed by atoms with E-state index in [1.807, 2.05) is 18.2 Å². The molecule has 1 aliphatic carbocycles. The second-order valence-electron chi connectivity index (χ2n) is 5.37. The maximum Gasteiger partial charge on any atom is 0.0318 e. The molecule has 1 fully saturated rings. The molecule has 1 atom stereocenters. The highest BCUT2D eigenvalue weighted by Crippen LogP contribution is 2.50. The van der Waals surface area contributed by atoms with Gasteiger partial charge in [0.15, 0.2) is 0 Å². The predicted octanol–water partition coefficient (Wildman–Crippen LogP) is 3.17. The molecule has 0 heterocycles. The summed E-state index contributed by atoms with van der Waals surface area (Å²) in [5.41, 5.74) is 8.38. The molecular formula is C13H19BrN2. The van der Waals surface area contributed by atoms with Crippen LogP contribution in [0.25, 0.3) is 0 Å². The number of nitrogens with one attached hydrogen (secondary N) is 1. The van der Waals surface area contributed by atoms with Gasteiger partial charge in [-0.25, -0.2) is 0 Å². The number of anilines is 1. The number of nitrogens with two attached hydrogens (primary N) is 1. The lowest BCUT2D eigenvalue weighted by Gasteiger charge is -2.08. The van der Waals surface area contributed by atoms with Gasteiger partial charge >= 0.3 is 0 Å². The second-order valence-corrected chi connectivity index (χ2v) is 6.23. The molecule has 1 saturated carbocycles. The molecule has 0 radical (unpaired) electrons. The molecule has 0 spiro atoms. The van der Waals surface area contributed by atoms with Gasteiger partial charge in [0, 0.05) is 16.7 Å². The molecule has 1 aromatic rings. The third-order valence-electron chi connectivity index (χ3n) is 3.49. The summed E-state index contributed by atoms with van der Waals surface area (Å²) >= 11 is 3.54. The van der Waals surface area contributed by atoms with Crippen molar-refractivity contribution in [2.24, 2.45) is 11.3 Å². The van der Waals surface area contributed by atoms with Crippen molar-refractivity contribution in [1.29, 1.82) is 0 Å². The minimum Gasteiger partial charge on any atom is -0.399 e. The van der Waals surface area contributed by atoms with E-state index in [9.17, 15) is 0 Å². The SMILES string of the molecule is CC1(C)CC1CNCc1cc(N)ccc1Br. The number of hydrogen-bond donors (Lipinski definition) is 2. The van der Waals surface area contributed by atoms with Gasteiger partial charge in [-0.1, -0.05) is 29.8 Å². The van der Waals surface area contributed by atoms with Crippen molar-refractivity contribution >= 4 is 21.6 Å². The molecule has 0 bridgehead atoms. The summed E-state index contributed by atoms with van der Waals surface area (Å²) in [5, 5.41) is 3.50. The van der Waals surface area contributed by atoms with Crippen LogP contribution >= 0.6 is 15.9 Å². The summed E-state index contributed by atoms with van der Waals surface area (Å²) in [4.78, 5) is 0. The molecule has 1 aromatic carbocycles. The maximum absolute atomic E-state index is 5.77. The van der Waals surface area contributed by atoms with Gasteiger partial charge in [-0.3, -0.25) is 0 Å². The summed E-state index contributed by atoms with van der Waals surface area (Å²) in [6.07, 6.45) is 1.35. The average molecular weight is 283 g/mol. The first kappa shape index (κ1) is 11.9. The average Bonchev–Trinajstić information content (AvgIpc) is 2.80. The van der Waals surface area contributed by atoms with Gasteiger partial charge in [-0.2, -0.15) is 0 Å². The van der Waals surface area contributed by atoms with Crippen LogP contribution in [0.1, 0.15) is 25.8 Å². The van der Waals surface area contributed by atoms with Crippen molar-refractivity contribution in [2.45, 2.75) is 26.8 Å². The van der Waals surface area contributed by atoms with E-state index in [0.717, 1.165) is 29.2 Å². The highest BCUT2D eigenvalue weighted by molar-refractivity contribution is 9.10. The number of halogens is 1. The molecular weight excluding hydrogens is 264 g/mol. The molecule has 2 rings (SSSR count). The quantitative estimate of drug-likeness (QED) is 0.833. The number of rotatable bonds is 4. The molecule has 0 aliphatic heterocycles. The van der Waals surface area contributed by atoms with Crippen LogP contribution in [0.15, 0.2) is 22.7 Å². The van der Waals surface area contributed by atoms with Crippen molar-refractivity contribution in [3.05, 3.63) is 28.2 Å². The van der Waals surface area contributed by atoms with Crippen LogP contribution in [0, 0.1) is 11.3 Å². The van der Waals surface area contributed by atoms with Crippen molar-refractivity contribution in [3.8, 4) is 0 Å². The van der Waals surface area contributed by atoms with E-state index in [1.54, 1.807) is 0 Å². The Labute approximate surface area is 106 Å². The smallest absolute Gasteiger partial charge is 0.0318 e. The van der Waals surface area contributed by atoms with Crippen molar-refractivity contribution in [2.75, 3.05) is 12.3 Å². The van der Waals surface area contributed by atoms with E-state index in [0.29, 0.717) is 5.41 Å². The van der Waals surface area contributed by atoms with Gasteiger partial charge in [-0.15, -0.1) is 0 Å². The molecule has 16 heavy (non-hydrogen) atoms. The summed E-state index contributed by atoms with van der Waals surface area (Å²) < 4.78 is 1.13. The summed E-state index contributed by atoms with van der Waals surface area (Å²) in [7, 11) is 0. The first-order valence-corrected chi connectivity index (χ1v) is 6.53. The normalized spacial score (nSPS) is 22.1. The zero-order valence-corrected chi connectivity index (χ0v) is 11.5. The fourth-order valence-corrected chi connectivity index (χ4v) is 2.42. The standard InChI is InChI=1S/C13H19BrN2/c1-13(2)6-10(13)8-16-7-9-5-11(15)3-4-12(9)14/h3-5,10,16H,6-8,15H2,1-2H3. The Kier molecular flexibility index (Phi) is 3.27. The van der Waals surface area contributed by atoms with Crippen LogP contribution in [-0.4, -0.2) is 6.54 Å². The zero-order valence-electron chi connectivity index (χ0n) is 9.89. The summed E-state index contributed by atoms with van der Waals surface area (Å²) in [6, 6.07) is 5.94. The van der Waals surface area contributed by atoms with Gasteiger partial charge in [0.2, 0.25) is 0 Å². The Hall–Kier alpha value is -0.540. The lowest BCUT2D eigenvalue weighted by Crippen LogP contribution is -2.18. The van der Waals surface area contributed by atoms with Gasteiger partial charge < -0.3 is 11.1 Å². The number of hydrogen-bond acceptors (Lipinski definition) is 2. The molecule has 1 aliphatic rings. The molecule has 0 aromatic heterocycles. The monoisotopic (exact) mass is 282 g/mol. The molecule has 0 saturated heterocycles. The Balaban J connectivity index is 1.83. The molecule has 3 N–H and O–H groups in total. The van der Waals surface area contributed by atoms with Crippen LogP contribution in [0.2, 0.25) is 0 Å². The third kappa shape index (κ3) is 2.77. The van der Waals surface area contributed by atoms with Crippen molar-refractivity contribution in [1.82, 2.24) is 5.32 Å². The second kappa shape index (κ2) is 4.38. The fraction of sp³-hybridized carbons (Fsp3) is 0.538. The third-order valence-corrected chi connectivity index (χ3v) is 4.27. The number of benzene rings is 1. The topological polar surface area (TPSA) is 38.0 Å². The van der Waals surface area contributed by atoms with Crippen LogP contribution in [0.5, 0.6) is 0 Å². The molecule has 2 nitrogen and oxygen atoms in total. The van der Waals surface area contributed by atoms with E-state index in [1.165, 1.54) is 12.0 Å². The van der Waals surface area contributed by atoms with Crippen LogP contribution in [0.3, 0.4) is 0 Å². The lowest BCUT2D eigenvalue weighted by molar-refractivity contribution is 0.519. The molecule has 3 heteroatoms. The highest BCUT2D eigenvalue weighted by atomic mass is 79.9. The molecule has 0 amide bonds. The van der Waals surface area contributed by atoms with E-state index >= 15 is 0 Å². The first-order valence-electron chi connectivity index (χ1n) is 5.74. The van der Waals surface area contributed by atoms with Gasteiger partial charge in [0.05, 0.1) is 0 Å². The largest absolute Gasteiger partial charge is 0.399 e.